The zero-order valence-corrected chi connectivity index (χ0v) is 13.9. The summed E-state index contributed by atoms with van der Waals surface area (Å²) in [6.07, 6.45) is 3.01. The van der Waals surface area contributed by atoms with E-state index in [4.69, 9.17) is 9.84 Å². The van der Waals surface area contributed by atoms with Gasteiger partial charge in [-0.05, 0) is 42.7 Å². The molecule has 1 atom stereocenters. The Bertz CT molecular complexity index is 756. The van der Waals surface area contributed by atoms with E-state index in [-0.39, 0.29) is 29.4 Å². The van der Waals surface area contributed by atoms with E-state index in [2.05, 4.69) is 15.5 Å². The predicted molar refractivity (Wildman–Crippen MR) is 91.6 cm³/mol. The molecule has 1 saturated heterocycles. The van der Waals surface area contributed by atoms with Crippen molar-refractivity contribution < 1.29 is 24.2 Å². The number of esters is 1. The van der Waals surface area contributed by atoms with E-state index in [0.29, 0.717) is 5.75 Å². The van der Waals surface area contributed by atoms with Crippen molar-refractivity contribution in [2.75, 3.05) is 0 Å². The average molecular weight is 361 g/mol. The minimum atomic E-state index is -1.04. The number of hydrogen-bond acceptors (Lipinski definition) is 7. The summed E-state index contributed by atoms with van der Waals surface area (Å²) in [6, 6.07) is 6.80. The molecule has 1 amide bonds. The van der Waals surface area contributed by atoms with Gasteiger partial charge in [0.1, 0.15) is 11.0 Å². The van der Waals surface area contributed by atoms with Crippen LogP contribution in [0, 0.1) is 5.92 Å². The highest BCUT2D eigenvalue weighted by Crippen LogP contribution is 2.30. The van der Waals surface area contributed by atoms with Crippen molar-refractivity contribution >= 4 is 41.0 Å². The van der Waals surface area contributed by atoms with Crippen LogP contribution in [0.15, 0.2) is 34.5 Å². The highest BCUT2D eigenvalue weighted by molar-refractivity contribution is 8.15. The third-order valence-corrected chi connectivity index (χ3v) is 4.57. The molecule has 2 N–H and O–H groups in total. The topological polar surface area (TPSA) is 117 Å². The van der Waals surface area contributed by atoms with Gasteiger partial charge >= 0.3 is 11.9 Å². The first-order valence-electron chi connectivity index (χ1n) is 7.63. The van der Waals surface area contributed by atoms with Crippen LogP contribution in [0.2, 0.25) is 0 Å². The molecule has 25 heavy (non-hydrogen) atoms. The largest absolute Gasteiger partial charge is 0.481 e. The van der Waals surface area contributed by atoms with Gasteiger partial charge in [-0.3, -0.25) is 14.4 Å². The molecule has 1 saturated carbocycles. The summed E-state index contributed by atoms with van der Waals surface area (Å²) in [5, 5.41) is 18.5. The Morgan fingerprint density at radius 1 is 1.32 bits per heavy atom. The number of rotatable bonds is 6. The van der Waals surface area contributed by atoms with Gasteiger partial charge in [0.25, 0.3) is 0 Å². The number of amidine groups is 1. The molecule has 1 aliphatic heterocycles. The SMILES string of the molecule is O=C(O)CC1SC(=NN=Cc2ccc(OC(=O)C3CC3)cc2)NC1=O. The average Bonchev–Trinajstić information content (AvgIpc) is 3.35. The van der Waals surface area contributed by atoms with E-state index in [9.17, 15) is 14.4 Å². The molecule has 0 aromatic heterocycles. The fraction of sp³-hybridized carbons (Fsp3) is 0.312. The first-order valence-corrected chi connectivity index (χ1v) is 8.51. The predicted octanol–water partition coefficient (Wildman–Crippen LogP) is 1.40. The lowest BCUT2D eigenvalue weighted by Crippen LogP contribution is -2.26. The fourth-order valence-corrected chi connectivity index (χ4v) is 2.95. The molecule has 1 aromatic rings. The van der Waals surface area contributed by atoms with Crippen molar-refractivity contribution in [3.05, 3.63) is 29.8 Å². The van der Waals surface area contributed by atoms with E-state index in [1.165, 1.54) is 6.21 Å². The minimum Gasteiger partial charge on any atom is -0.481 e. The lowest BCUT2D eigenvalue weighted by Gasteiger charge is -2.02. The second kappa shape index (κ2) is 7.47. The number of benzene rings is 1. The van der Waals surface area contributed by atoms with Crippen molar-refractivity contribution in [2.24, 2.45) is 16.1 Å². The summed E-state index contributed by atoms with van der Waals surface area (Å²) in [5.41, 5.74) is 0.743. The van der Waals surface area contributed by atoms with Crippen LogP contribution >= 0.6 is 11.8 Å². The summed E-state index contributed by atoms with van der Waals surface area (Å²) in [6.45, 7) is 0. The number of carboxylic acids is 1. The van der Waals surface area contributed by atoms with Gasteiger partial charge in [0.15, 0.2) is 5.17 Å². The number of amides is 1. The van der Waals surface area contributed by atoms with Crippen LogP contribution in [0.1, 0.15) is 24.8 Å². The molecule has 3 rings (SSSR count). The Kier molecular flexibility index (Phi) is 5.13. The number of hydrogen-bond donors (Lipinski definition) is 2. The lowest BCUT2D eigenvalue weighted by molar-refractivity contribution is -0.138. The van der Waals surface area contributed by atoms with Gasteiger partial charge in [-0.1, -0.05) is 11.8 Å². The maximum absolute atomic E-state index is 11.6. The van der Waals surface area contributed by atoms with Crippen molar-refractivity contribution in [3.8, 4) is 5.75 Å². The van der Waals surface area contributed by atoms with E-state index in [1.54, 1.807) is 24.3 Å². The molecule has 1 unspecified atom stereocenters. The zero-order valence-electron chi connectivity index (χ0n) is 13.0. The Balaban J connectivity index is 1.54. The maximum Gasteiger partial charge on any atom is 0.314 e. The Morgan fingerprint density at radius 3 is 2.68 bits per heavy atom. The number of carboxylic acid groups (broad SMARTS) is 1. The van der Waals surface area contributed by atoms with Gasteiger partial charge in [0.2, 0.25) is 5.91 Å². The van der Waals surface area contributed by atoms with E-state index < -0.39 is 11.2 Å². The third-order valence-electron chi connectivity index (χ3n) is 3.50. The summed E-state index contributed by atoms with van der Waals surface area (Å²) in [5.74, 6) is -1.10. The molecule has 130 valence electrons. The molecule has 0 spiro atoms. The van der Waals surface area contributed by atoms with Crippen LogP contribution < -0.4 is 10.1 Å². The van der Waals surface area contributed by atoms with Gasteiger partial charge in [-0.15, -0.1) is 5.10 Å². The minimum absolute atomic E-state index is 0.0427. The van der Waals surface area contributed by atoms with Crippen LogP contribution in [-0.4, -0.2) is 39.6 Å². The van der Waals surface area contributed by atoms with Crippen LogP contribution in [0.5, 0.6) is 5.75 Å². The van der Waals surface area contributed by atoms with Gasteiger partial charge < -0.3 is 15.2 Å². The summed E-state index contributed by atoms with van der Waals surface area (Å²) in [4.78, 5) is 33.8. The Labute approximate surface area is 147 Å². The van der Waals surface area contributed by atoms with Crippen LogP contribution in [0.4, 0.5) is 0 Å². The molecule has 8 nitrogen and oxygen atoms in total. The van der Waals surface area contributed by atoms with Crippen LogP contribution in [0.25, 0.3) is 0 Å². The Morgan fingerprint density at radius 2 is 2.04 bits per heavy atom. The number of carbonyl (C=O) groups excluding carboxylic acids is 2. The second-order valence-corrected chi connectivity index (χ2v) is 6.80. The van der Waals surface area contributed by atoms with Crippen molar-refractivity contribution in [1.82, 2.24) is 5.32 Å². The molecule has 2 aliphatic rings. The molecule has 9 heteroatoms. The number of aliphatic carboxylic acids is 1. The first-order chi connectivity index (χ1) is 12.0. The van der Waals surface area contributed by atoms with Gasteiger partial charge in [0, 0.05) is 0 Å². The molecule has 0 radical (unpaired) electrons. The summed E-state index contributed by atoms with van der Waals surface area (Å²) in [7, 11) is 0. The van der Waals surface area contributed by atoms with E-state index in [0.717, 1.165) is 30.2 Å². The highest BCUT2D eigenvalue weighted by Gasteiger charge is 2.32. The molecular formula is C16H15N3O5S. The van der Waals surface area contributed by atoms with Gasteiger partial charge in [0.05, 0.1) is 18.6 Å². The highest BCUT2D eigenvalue weighted by atomic mass is 32.2. The first kappa shape index (κ1) is 17.2. The lowest BCUT2D eigenvalue weighted by atomic mass is 10.2. The van der Waals surface area contributed by atoms with Crippen LogP contribution in [0.3, 0.4) is 0 Å². The third kappa shape index (κ3) is 4.90. The zero-order chi connectivity index (χ0) is 17.8. The Hall–Kier alpha value is -2.68. The summed E-state index contributed by atoms with van der Waals surface area (Å²) >= 11 is 1.04. The fourth-order valence-electron chi connectivity index (χ4n) is 2.03. The van der Waals surface area contributed by atoms with Gasteiger partial charge in [-0.25, -0.2) is 0 Å². The summed E-state index contributed by atoms with van der Waals surface area (Å²) < 4.78 is 5.22. The number of carbonyl (C=O) groups is 3. The molecule has 1 heterocycles. The van der Waals surface area contributed by atoms with E-state index >= 15 is 0 Å². The van der Waals surface area contributed by atoms with Crippen molar-refractivity contribution in [3.63, 3.8) is 0 Å². The smallest absolute Gasteiger partial charge is 0.314 e. The quantitative estimate of drug-likeness (QED) is 0.342. The van der Waals surface area contributed by atoms with Gasteiger partial charge in [-0.2, -0.15) is 5.10 Å². The van der Waals surface area contributed by atoms with Crippen LogP contribution in [-0.2, 0) is 14.4 Å². The second-order valence-electron chi connectivity index (χ2n) is 5.61. The van der Waals surface area contributed by atoms with Crippen molar-refractivity contribution in [2.45, 2.75) is 24.5 Å². The molecule has 1 aliphatic carbocycles. The molecule has 0 bridgehead atoms. The number of ether oxygens (including phenoxy) is 1. The van der Waals surface area contributed by atoms with Crippen molar-refractivity contribution in [1.29, 1.82) is 0 Å². The number of nitrogens with zero attached hydrogens (tertiary/aromatic N) is 2. The monoisotopic (exact) mass is 361 g/mol. The molecular weight excluding hydrogens is 346 g/mol. The maximum atomic E-state index is 11.6. The molecule has 2 fully saturated rings. The number of nitrogens with one attached hydrogen (secondary N) is 1. The standard InChI is InChI=1S/C16H15N3O5S/c20-13(21)7-12-14(22)18-16(25-12)19-17-8-9-1-5-11(6-2-9)24-15(23)10-3-4-10/h1-2,5-6,8,10,12H,3-4,7H2,(H,20,21)(H,18,19,22). The normalized spacial score (nSPS) is 21.5. The van der Waals surface area contributed by atoms with E-state index in [1.807, 2.05) is 0 Å². The molecule has 1 aromatic carbocycles. The number of thioether (sulfide) groups is 1.